The highest BCUT2D eigenvalue weighted by Gasteiger charge is 2.27. The normalized spacial score (nSPS) is 13.4. The van der Waals surface area contributed by atoms with Crippen molar-refractivity contribution in [3.05, 3.63) is 47.4 Å². The number of nitrogens with zero attached hydrogens (tertiary/aromatic N) is 2. The van der Waals surface area contributed by atoms with Gasteiger partial charge < -0.3 is 14.1 Å². The predicted molar refractivity (Wildman–Crippen MR) is 93.8 cm³/mol. The highest BCUT2D eigenvalue weighted by molar-refractivity contribution is 5.97. The molecule has 132 valence electrons. The lowest BCUT2D eigenvalue weighted by Crippen LogP contribution is -2.38. The van der Waals surface area contributed by atoms with Crippen LogP contribution in [-0.4, -0.2) is 36.4 Å². The molecular weight excluding hydrogens is 320 g/mol. The third-order valence-electron chi connectivity index (χ3n) is 4.29. The summed E-state index contributed by atoms with van der Waals surface area (Å²) in [6.07, 6.45) is 0. The van der Waals surface area contributed by atoms with Gasteiger partial charge in [-0.3, -0.25) is 14.5 Å². The molecule has 2 amide bonds. The van der Waals surface area contributed by atoms with Crippen molar-refractivity contribution in [1.29, 1.82) is 0 Å². The first-order valence-electron chi connectivity index (χ1n) is 8.45. The van der Waals surface area contributed by atoms with E-state index in [4.69, 9.17) is 9.15 Å². The van der Waals surface area contributed by atoms with E-state index in [1.165, 1.54) is 0 Å². The van der Waals surface area contributed by atoms with Crippen molar-refractivity contribution in [2.24, 2.45) is 0 Å². The van der Waals surface area contributed by atoms with E-state index in [2.05, 4.69) is 0 Å². The Morgan fingerprint density at radius 3 is 2.68 bits per heavy atom. The van der Waals surface area contributed by atoms with Gasteiger partial charge in [0.05, 0.1) is 12.2 Å². The van der Waals surface area contributed by atoms with Crippen LogP contribution in [0, 0.1) is 6.92 Å². The Kier molecular flexibility index (Phi) is 4.79. The quantitative estimate of drug-likeness (QED) is 0.838. The Balaban J connectivity index is 1.83. The van der Waals surface area contributed by atoms with Crippen molar-refractivity contribution >= 4 is 17.5 Å². The molecule has 2 aromatic rings. The average molecular weight is 342 g/mol. The molecule has 3 rings (SSSR count). The molecule has 1 aliphatic rings. The van der Waals surface area contributed by atoms with E-state index < -0.39 is 0 Å². The molecule has 0 unspecified atom stereocenters. The summed E-state index contributed by atoms with van der Waals surface area (Å²) in [4.78, 5) is 28.0. The van der Waals surface area contributed by atoms with Gasteiger partial charge in [-0.05, 0) is 50.6 Å². The Morgan fingerprint density at radius 2 is 1.96 bits per heavy atom. The highest BCUT2D eigenvalue weighted by Crippen LogP contribution is 2.34. The third-order valence-corrected chi connectivity index (χ3v) is 4.29. The molecule has 0 saturated heterocycles. The number of benzene rings is 1. The molecule has 25 heavy (non-hydrogen) atoms. The van der Waals surface area contributed by atoms with Crippen LogP contribution in [0.4, 0.5) is 5.69 Å². The van der Waals surface area contributed by atoms with E-state index in [1.54, 1.807) is 21.9 Å². The molecule has 6 heteroatoms. The Bertz CT molecular complexity index is 792. The second kappa shape index (κ2) is 7.01. The summed E-state index contributed by atoms with van der Waals surface area (Å²) in [6, 6.07) is 9.13. The second-order valence-corrected chi connectivity index (χ2v) is 5.98. The molecule has 0 fully saturated rings. The van der Waals surface area contributed by atoms with Crippen molar-refractivity contribution < 1.29 is 18.7 Å². The fourth-order valence-corrected chi connectivity index (χ4v) is 2.89. The van der Waals surface area contributed by atoms with Crippen LogP contribution in [0.3, 0.4) is 0 Å². The largest absolute Gasteiger partial charge is 0.482 e. The molecule has 0 spiro atoms. The number of carbonyl (C=O) groups excluding carboxylic acids is 2. The van der Waals surface area contributed by atoms with Gasteiger partial charge in [0.25, 0.3) is 11.8 Å². The highest BCUT2D eigenvalue weighted by atomic mass is 16.5. The van der Waals surface area contributed by atoms with Gasteiger partial charge in [-0.1, -0.05) is 6.07 Å². The molecule has 1 aliphatic heterocycles. The van der Waals surface area contributed by atoms with E-state index in [0.717, 1.165) is 11.3 Å². The number of aryl methyl sites for hydroxylation is 1. The van der Waals surface area contributed by atoms with Crippen LogP contribution < -0.4 is 9.64 Å². The maximum Gasteiger partial charge on any atom is 0.289 e. The standard InChI is InChI=1S/C19H22N2O4/c1-4-20(5-2)19(23)17-9-7-14(25-17)11-21-15-10-13(3)6-8-16(15)24-12-18(21)22/h6-10H,4-5,11-12H2,1-3H3. The smallest absolute Gasteiger partial charge is 0.289 e. The van der Waals surface area contributed by atoms with Crippen molar-refractivity contribution in [1.82, 2.24) is 4.90 Å². The van der Waals surface area contributed by atoms with Crippen molar-refractivity contribution in [2.75, 3.05) is 24.6 Å². The first-order valence-corrected chi connectivity index (χ1v) is 8.45. The van der Waals surface area contributed by atoms with Crippen LogP contribution in [0.25, 0.3) is 0 Å². The van der Waals surface area contributed by atoms with Gasteiger partial charge in [-0.25, -0.2) is 0 Å². The Morgan fingerprint density at radius 1 is 1.20 bits per heavy atom. The van der Waals surface area contributed by atoms with Crippen molar-refractivity contribution in [3.8, 4) is 5.75 Å². The van der Waals surface area contributed by atoms with E-state index in [-0.39, 0.29) is 25.0 Å². The number of ether oxygens (including phenoxy) is 1. The first kappa shape index (κ1) is 17.1. The molecule has 0 aliphatic carbocycles. The molecule has 0 radical (unpaired) electrons. The number of furan rings is 1. The summed E-state index contributed by atoms with van der Waals surface area (Å²) in [7, 11) is 0. The van der Waals surface area contributed by atoms with Crippen LogP contribution in [0.15, 0.2) is 34.7 Å². The zero-order chi connectivity index (χ0) is 18.0. The third kappa shape index (κ3) is 3.38. The summed E-state index contributed by atoms with van der Waals surface area (Å²) < 4.78 is 11.2. The molecular formula is C19H22N2O4. The molecule has 0 N–H and O–H groups in total. The number of hydrogen-bond donors (Lipinski definition) is 0. The van der Waals surface area contributed by atoms with E-state index in [1.807, 2.05) is 39.0 Å². The first-order chi connectivity index (χ1) is 12.0. The van der Waals surface area contributed by atoms with Gasteiger partial charge in [0, 0.05) is 13.1 Å². The Hall–Kier alpha value is -2.76. The number of anilines is 1. The fourth-order valence-electron chi connectivity index (χ4n) is 2.89. The lowest BCUT2D eigenvalue weighted by molar-refractivity contribution is -0.121. The van der Waals surface area contributed by atoms with E-state index in [0.29, 0.717) is 30.4 Å². The Labute approximate surface area is 147 Å². The van der Waals surface area contributed by atoms with Gasteiger partial charge in [-0.15, -0.1) is 0 Å². The maximum atomic E-state index is 12.4. The molecule has 0 saturated carbocycles. The molecule has 0 atom stereocenters. The molecule has 0 bridgehead atoms. The van der Waals surface area contributed by atoms with Gasteiger partial charge in [0.15, 0.2) is 12.4 Å². The summed E-state index contributed by atoms with van der Waals surface area (Å²) >= 11 is 0. The van der Waals surface area contributed by atoms with Crippen LogP contribution in [-0.2, 0) is 11.3 Å². The van der Waals surface area contributed by atoms with Gasteiger partial charge in [0.2, 0.25) is 0 Å². The summed E-state index contributed by atoms with van der Waals surface area (Å²) in [6.45, 7) is 7.34. The average Bonchev–Trinajstić information content (AvgIpc) is 3.07. The SMILES string of the molecule is CCN(CC)C(=O)c1ccc(CN2C(=O)COc3ccc(C)cc32)o1. The summed E-state index contributed by atoms with van der Waals surface area (Å²) in [5.74, 6) is 1.27. The zero-order valence-electron chi connectivity index (χ0n) is 14.7. The van der Waals surface area contributed by atoms with Crippen LogP contribution >= 0.6 is 0 Å². The topological polar surface area (TPSA) is 63.0 Å². The minimum absolute atomic E-state index is 0.00199. The molecule has 1 aromatic carbocycles. The molecule has 2 heterocycles. The number of rotatable bonds is 5. The zero-order valence-corrected chi connectivity index (χ0v) is 14.7. The molecule has 1 aromatic heterocycles. The lowest BCUT2D eigenvalue weighted by atomic mass is 10.1. The lowest BCUT2D eigenvalue weighted by Gasteiger charge is -2.29. The van der Waals surface area contributed by atoms with E-state index >= 15 is 0 Å². The van der Waals surface area contributed by atoms with Gasteiger partial charge >= 0.3 is 0 Å². The van der Waals surface area contributed by atoms with Crippen molar-refractivity contribution in [3.63, 3.8) is 0 Å². The fraction of sp³-hybridized carbons (Fsp3) is 0.368. The number of fused-ring (bicyclic) bond motifs is 1. The maximum absolute atomic E-state index is 12.4. The van der Waals surface area contributed by atoms with Crippen LogP contribution in [0.2, 0.25) is 0 Å². The predicted octanol–water partition coefficient (Wildman–Crippen LogP) is 3.00. The van der Waals surface area contributed by atoms with Crippen LogP contribution in [0.5, 0.6) is 5.75 Å². The second-order valence-electron chi connectivity index (χ2n) is 5.98. The van der Waals surface area contributed by atoms with E-state index in [9.17, 15) is 9.59 Å². The van der Waals surface area contributed by atoms with Crippen molar-refractivity contribution in [2.45, 2.75) is 27.3 Å². The van der Waals surface area contributed by atoms with Gasteiger partial charge in [-0.2, -0.15) is 0 Å². The number of hydrogen-bond acceptors (Lipinski definition) is 4. The number of amides is 2. The summed E-state index contributed by atoms with van der Waals surface area (Å²) in [5, 5.41) is 0. The minimum atomic E-state index is -0.138. The summed E-state index contributed by atoms with van der Waals surface area (Å²) in [5.41, 5.74) is 1.77. The minimum Gasteiger partial charge on any atom is -0.482 e. The molecule has 6 nitrogen and oxygen atoms in total. The number of carbonyl (C=O) groups is 2. The van der Waals surface area contributed by atoms with Crippen LogP contribution in [0.1, 0.15) is 35.7 Å². The monoisotopic (exact) mass is 342 g/mol. The van der Waals surface area contributed by atoms with Gasteiger partial charge in [0.1, 0.15) is 11.5 Å².